The smallest absolute Gasteiger partial charge is 0.295 e. The second-order valence-corrected chi connectivity index (χ2v) is 7.76. The molecule has 7 heteroatoms. The van der Waals surface area contributed by atoms with Gasteiger partial charge >= 0.3 is 0 Å². The highest BCUT2D eigenvalue weighted by molar-refractivity contribution is 6.46. The Balaban J connectivity index is 1.64. The summed E-state index contributed by atoms with van der Waals surface area (Å²) in [6, 6.07) is 9.67. The number of aliphatic hydroxyl groups excluding tert-OH is 1. The van der Waals surface area contributed by atoms with E-state index in [2.05, 4.69) is 4.98 Å². The third-order valence-electron chi connectivity index (χ3n) is 5.98. The summed E-state index contributed by atoms with van der Waals surface area (Å²) in [5, 5.41) is 11.2. The third kappa shape index (κ3) is 3.01. The highest BCUT2D eigenvalue weighted by atomic mass is 16.6. The van der Waals surface area contributed by atoms with Gasteiger partial charge in [0.05, 0.1) is 11.3 Å². The molecule has 0 bridgehead atoms. The number of Topliss-reactive ketones (excluding diaryl/α,β-unsaturated/α-hetero) is 1. The molecule has 0 radical (unpaired) electrons. The van der Waals surface area contributed by atoms with Crippen LogP contribution in [0.25, 0.3) is 5.76 Å². The van der Waals surface area contributed by atoms with Gasteiger partial charge in [-0.2, -0.15) is 0 Å². The fourth-order valence-electron chi connectivity index (χ4n) is 4.58. The van der Waals surface area contributed by atoms with Gasteiger partial charge in [0.1, 0.15) is 25.0 Å². The van der Waals surface area contributed by atoms with E-state index >= 15 is 0 Å². The van der Waals surface area contributed by atoms with E-state index in [1.807, 2.05) is 6.07 Å². The lowest BCUT2D eigenvalue weighted by molar-refractivity contribution is -0.141. The van der Waals surface area contributed by atoms with Crippen LogP contribution in [0.5, 0.6) is 11.5 Å². The summed E-state index contributed by atoms with van der Waals surface area (Å²) in [5.74, 6) is -0.377. The standard InChI is InChI=1S/C23H22N2O5/c26-21(14-8-9-17-18(13-14)30-12-11-29-17)19-20(16-7-3-4-10-24-16)25(23(28)22(19)27)15-5-1-2-6-15/h3-4,7-10,13,15,20,26H,1-2,5-6,11-12H2/b21-19-. The number of hydrogen-bond acceptors (Lipinski definition) is 6. The molecule has 1 aromatic carbocycles. The van der Waals surface area contributed by atoms with E-state index in [1.54, 1.807) is 41.4 Å². The van der Waals surface area contributed by atoms with Crippen molar-refractivity contribution < 1.29 is 24.2 Å². The average Bonchev–Trinajstić information content (AvgIpc) is 3.40. The Bertz CT molecular complexity index is 1030. The van der Waals surface area contributed by atoms with Gasteiger partial charge in [-0.3, -0.25) is 14.6 Å². The molecule has 3 heterocycles. The van der Waals surface area contributed by atoms with E-state index in [0.29, 0.717) is 36.0 Å². The number of hydrogen-bond donors (Lipinski definition) is 1. The van der Waals surface area contributed by atoms with E-state index in [9.17, 15) is 14.7 Å². The molecule has 0 spiro atoms. The van der Waals surface area contributed by atoms with Crippen molar-refractivity contribution in [3.63, 3.8) is 0 Å². The molecule has 5 rings (SSSR count). The Labute approximate surface area is 173 Å². The maximum absolute atomic E-state index is 13.1. The molecule has 1 amide bonds. The number of rotatable bonds is 3. The molecule has 3 aliphatic rings. The first-order valence-electron chi connectivity index (χ1n) is 10.3. The van der Waals surface area contributed by atoms with Gasteiger partial charge in [-0.15, -0.1) is 0 Å². The summed E-state index contributed by atoms with van der Waals surface area (Å²) in [6.07, 6.45) is 5.37. The van der Waals surface area contributed by atoms with Gasteiger partial charge < -0.3 is 19.5 Å². The molecule has 7 nitrogen and oxygen atoms in total. The predicted octanol–water partition coefficient (Wildman–Crippen LogP) is 3.22. The van der Waals surface area contributed by atoms with Crippen molar-refractivity contribution in [2.45, 2.75) is 37.8 Å². The highest BCUT2D eigenvalue weighted by Gasteiger charge is 2.49. The number of aliphatic hydroxyl groups is 1. The van der Waals surface area contributed by atoms with Crippen LogP contribution in [0.3, 0.4) is 0 Å². The molecule has 1 saturated carbocycles. The molecule has 2 fully saturated rings. The first-order valence-corrected chi connectivity index (χ1v) is 10.3. The summed E-state index contributed by atoms with van der Waals surface area (Å²) in [6.45, 7) is 0.877. The van der Waals surface area contributed by atoms with Crippen LogP contribution in [0.2, 0.25) is 0 Å². The van der Waals surface area contributed by atoms with E-state index in [4.69, 9.17) is 9.47 Å². The molecule has 1 aliphatic carbocycles. The monoisotopic (exact) mass is 406 g/mol. The van der Waals surface area contributed by atoms with E-state index in [1.165, 1.54) is 0 Å². The summed E-state index contributed by atoms with van der Waals surface area (Å²) in [4.78, 5) is 32.1. The molecule has 2 aromatic rings. The van der Waals surface area contributed by atoms with Gasteiger partial charge in [0.25, 0.3) is 11.7 Å². The number of ether oxygens (including phenoxy) is 2. The van der Waals surface area contributed by atoms with Crippen molar-refractivity contribution in [3.05, 3.63) is 59.4 Å². The number of likely N-dealkylation sites (tertiary alicyclic amines) is 1. The molecular formula is C23H22N2O5. The molecule has 30 heavy (non-hydrogen) atoms. The number of pyridine rings is 1. The number of benzene rings is 1. The minimum atomic E-state index is -0.706. The second kappa shape index (κ2) is 7.48. The van der Waals surface area contributed by atoms with Gasteiger partial charge in [-0.1, -0.05) is 18.9 Å². The molecule has 154 valence electrons. The summed E-state index contributed by atoms with van der Waals surface area (Å²) in [5.41, 5.74) is 1.05. The molecule has 1 unspecified atom stereocenters. The summed E-state index contributed by atoms with van der Waals surface area (Å²) in [7, 11) is 0. The van der Waals surface area contributed by atoms with Crippen LogP contribution in [0.15, 0.2) is 48.2 Å². The van der Waals surface area contributed by atoms with Crippen molar-refractivity contribution in [2.24, 2.45) is 0 Å². The van der Waals surface area contributed by atoms with E-state index in [0.717, 1.165) is 25.7 Å². The SMILES string of the molecule is O=C1C(=O)N(C2CCCC2)C(c2ccccn2)/C1=C(/O)c1ccc2c(c1)OCCO2. The fourth-order valence-corrected chi connectivity index (χ4v) is 4.58. The van der Waals surface area contributed by atoms with Crippen LogP contribution in [-0.2, 0) is 9.59 Å². The van der Waals surface area contributed by atoms with Crippen molar-refractivity contribution in [1.29, 1.82) is 0 Å². The maximum Gasteiger partial charge on any atom is 0.295 e. The molecule has 1 N–H and O–H groups in total. The number of nitrogens with zero attached hydrogens (tertiary/aromatic N) is 2. The van der Waals surface area contributed by atoms with Gasteiger partial charge in [0.2, 0.25) is 0 Å². The number of aromatic nitrogens is 1. The number of fused-ring (bicyclic) bond motifs is 1. The lowest BCUT2D eigenvalue weighted by Gasteiger charge is -2.30. The van der Waals surface area contributed by atoms with Crippen LogP contribution < -0.4 is 9.47 Å². The molecule has 1 atom stereocenters. The van der Waals surface area contributed by atoms with Gasteiger partial charge in [-0.05, 0) is 43.2 Å². The number of carbonyl (C=O) groups is 2. The maximum atomic E-state index is 13.1. The van der Waals surface area contributed by atoms with E-state index < -0.39 is 17.7 Å². The zero-order chi connectivity index (χ0) is 20.7. The Morgan fingerprint density at radius 2 is 1.80 bits per heavy atom. The van der Waals surface area contributed by atoms with Gasteiger partial charge in [0.15, 0.2) is 11.5 Å². The number of carbonyl (C=O) groups excluding carboxylic acids is 2. The zero-order valence-electron chi connectivity index (χ0n) is 16.4. The Morgan fingerprint density at radius 3 is 2.53 bits per heavy atom. The molecular weight excluding hydrogens is 384 g/mol. The first-order chi connectivity index (χ1) is 14.6. The topological polar surface area (TPSA) is 89.0 Å². The minimum absolute atomic E-state index is 0.0287. The van der Waals surface area contributed by atoms with Crippen molar-refractivity contribution in [3.8, 4) is 11.5 Å². The largest absolute Gasteiger partial charge is 0.507 e. The highest BCUT2D eigenvalue weighted by Crippen LogP contribution is 2.43. The van der Waals surface area contributed by atoms with Crippen LogP contribution in [0.1, 0.15) is 43.0 Å². The fraction of sp³-hybridized carbons (Fsp3) is 0.348. The minimum Gasteiger partial charge on any atom is -0.507 e. The van der Waals surface area contributed by atoms with Crippen LogP contribution in [-0.4, -0.2) is 45.9 Å². The Kier molecular flexibility index (Phi) is 4.65. The van der Waals surface area contributed by atoms with Crippen molar-refractivity contribution in [1.82, 2.24) is 9.88 Å². The van der Waals surface area contributed by atoms with Crippen molar-refractivity contribution in [2.75, 3.05) is 13.2 Å². The number of ketones is 1. The average molecular weight is 406 g/mol. The van der Waals surface area contributed by atoms with Crippen LogP contribution >= 0.6 is 0 Å². The summed E-state index contributed by atoms with van der Waals surface area (Å²) < 4.78 is 11.1. The van der Waals surface area contributed by atoms with Crippen LogP contribution in [0, 0.1) is 0 Å². The molecule has 2 aliphatic heterocycles. The molecule has 1 aromatic heterocycles. The number of amides is 1. The lowest BCUT2D eigenvalue weighted by Crippen LogP contribution is -2.37. The second-order valence-electron chi connectivity index (χ2n) is 7.76. The first kappa shape index (κ1) is 18.7. The Hall–Kier alpha value is -3.35. The third-order valence-corrected chi connectivity index (χ3v) is 5.98. The van der Waals surface area contributed by atoms with Gasteiger partial charge in [-0.25, -0.2) is 0 Å². The lowest BCUT2D eigenvalue weighted by atomic mass is 9.97. The predicted molar refractivity (Wildman–Crippen MR) is 108 cm³/mol. The van der Waals surface area contributed by atoms with Gasteiger partial charge in [0, 0.05) is 17.8 Å². The van der Waals surface area contributed by atoms with Crippen LogP contribution in [0.4, 0.5) is 0 Å². The quantitative estimate of drug-likeness (QED) is 0.478. The molecule has 1 saturated heterocycles. The zero-order valence-corrected chi connectivity index (χ0v) is 16.4. The van der Waals surface area contributed by atoms with Crippen molar-refractivity contribution >= 4 is 17.4 Å². The summed E-state index contributed by atoms with van der Waals surface area (Å²) >= 11 is 0. The van der Waals surface area contributed by atoms with E-state index in [-0.39, 0.29) is 17.4 Å². The normalized spacial score (nSPS) is 23.2. The Morgan fingerprint density at radius 1 is 1.03 bits per heavy atom.